The molecule has 208 valence electrons. The summed E-state index contributed by atoms with van der Waals surface area (Å²) in [6.07, 6.45) is 1.01. The summed E-state index contributed by atoms with van der Waals surface area (Å²) in [6, 6.07) is 20.9. The van der Waals surface area contributed by atoms with Crippen LogP contribution in [0.5, 0.6) is 5.75 Å². The third kappa shape index (κ3) is 4.34. The molecule has 0 bridgehead atoms. The number of rotatable bonds is 4. The van der Waals surface area contributed by atoms with Crippen LogP contribution in [0, 0.1) is 11.6 Å². The van der Waals surface area contributed by atoms with Crippen molar-refractivity contribution < 1.29 is 23.0 Å². The Labute approximate surface area is 241 Å². The summed E-state index contributed by atoms with van der Waals surface area (Å²) in [5.74, 6) is -2.12. The Morgan fingerprint density at radius 3 is 2.61 bits per heavy atom. The topological polar surface area (TPSA) is 64.0 Å². The molecule has 0 unspecified atom stereocenters. The molecule has 7 nitrogen and oxygen atoms in total. The number of amides is 1. The number of benzene rings is 3. The Kier molecular flexibility index (Phi) is 6.61. The zero-order valence-electron chi connectivity index (χ0n) is 21.8. The summed E-state index contributed by atoms with van der Waals surface area (Å²) in [4.78, 5) is 28.9. The molecule has 4 aromatic rings. The number of carbonyl (C=O) groups excluding carboxylic acids is 1. The van der Waals surface area contributed by atoms with E-state index in [4.69, 9.17) is 9.47 Å². The van der Waals surface area contributed by atoms with Gasteiger partial charge in [0.1, 0.15) is 0 Å². The van der Waals surface area contributed by atoms with Gasteiger partial charge in [-0.1, -0.05) is 6.07 Å². The molecule has 1 aromatic heterocycles. The van der Waals surface area contributed by atoms with E-state index in [1.165, 1.54) is 6.07 Å². The average Bonchev–Trinajstić information content (AvgIpc) is 3.17. The van der Waals surface area contributed by atoms with Crippen LogP contribution in [0.25, 0.3) is 0 Å². The Morgan fingerprint density at radius 2 is 1.76 bits per heavy atom. The zero-order valence-corrected chi connectivity index (χ0v) is 23.5. The molecule has 4 heterocycles. The van der Waals surface area contributed by atoms with Crippen molar-refractivity contribution >= 4 is 25.3 Å². The van der Waals surface area contributed by atoms with Gasteiger partial charge in [0.25, 0.3) is 0 Å². The minimum atomic E-state index is -0.888. The van der Waals surface area contributed by atoms with Crippen LogP contribution in [0.3, 0.4) is 0 Å². The quantitative estimate of drug-likeness (QED) is 0.329. The van der Waals surface area contributed by atoms with Crippen molar-refractivity contribution in [3.63, 3.8) is 0 Å². The van der Waals surface area contributed by atoms with Gasteiger partial charge in [0.15, 0.2) is 0 Å². The van der Waals surface area contributed by atoms with Crippen LogP contribution < -0.4 is 19.6 Å². The fourth-order valence-corrected chi connectivity index (χ4v) is 8.18. The fraction of sp³-hybridized carbons (Fsp3) is 0.226. The second-order valence-electron chi connectivity index (χ2n) is 10.1. The molecular weight excluding hydrogens is 595 g/mol. The molecule has 10 heteroatoms. The number of nitrogens with zero attached hydrogens (tertiary/aromatic N) is 3. The van der Waals surface area contributed by atoms with E-state index >= 15 is 4.39 Å². The minimum absolute atomic E-state index is 0.0482. The maximum atomic E-state index is 15.4. The van der Waals surface area contributed by atoms with Crippen LogP contribution in [0.2, 0.25) is 0 Å². The number of morpholine rings is 1. The van der Waals surface area contributed by atoms with E-state index in [-0.39, 0.29) is 45.5 Å². The first-order chi connectivity index (χ1) is 20.0. The van der Waals surface area contributed by atoms with Gasteiger partial charge in [-0.2, -0.15) is 0 Å². The van der Waals surface area contributed by atoms with E-state index in [1.54, 1.807) is 21.8 Å². The van der Waals surface area contributed by atoms with Gasteiger partial charge >= 0.3 is 235 Å². The number of hydrogen-bond donors (Lipinski definition) is 0. The molecule has 1 fully saturated rings. The van der Waals surface area contributed by atoms with Crippen molar-refractivity contribution in [2.75, 3.05) is 24.8 Å². The molecule has 2 atom stereocenters. The molecule has 1 amide bonds. The average molecular weight is 621 g/mol. The Hall–Kier alpha value is -3.98. The molecule has 3 aliphatic heterocycles. The van der Waals surface area contributed by atoms with Crippen molar-refractivity contribution in [3.05, 3.63) is 129 Å². The molecule has 1 saturated heterocycles. The molecule has 0 spiro atoms. The normalized spacial score (nSPS) is 19.5. The summed E-state index contributed by atoms with van der Waals surface area (Å²) in [5.41, 5.74) is 2.42. The summed E-state index contributed by atoms with van der Waals surface area (Å²) in [7, 11) is 0. The first kappa shape index (κ1) is 26.0. The molecule has 0 N–H and O–H groups in total. The van der Waals surface area contributed by atoms with Gasteiger partial charge in [-0.15, -0.1) is 0 Å². The first-order valence-corrected chi connectivity index (χ1v) is 15.4. The van der Waals surface area contributed by atoms with Crippen molar-refractivity contribution in [1.29, 1.82) is 0 Å². The van der Waals surface area contributed by atoms with Crippen LogP contribution in [0.15, 0.2) is 83.8 Å². The van der Waals surface area contributed by atoms with Crippen molar-refractivity contribution in [3.8, 4) is 5.75 Å². The number of aromatic nitrogens is 1. The van der Waals surface area contributed by atoms with Gasteiger partial charge in [0.2, 0.25) is 0 Å². The third-order valence-corrected chi connectivity index (χ3v) is 10.1. The van der Waals surface area contributed by atoms with E-state index < -0.39 is 29.3 Å². The molecule has 41 heavy (non-hydrogen) atoms. The van der Waals surface area contributed by atoms with Crippen molar-refractivity contribution in [2.24, 2.45) is 0 Å². The predicted octanol–water partition coefficient (Wildman–Crippen LogP) is 3.09. The summed E-state index contributed by atoms with van der Waals surface area (Å²) in [5, 5.41) is 2.35. The SMILES string of the molecule is O=C1c2c(OCc3ccccc3)c(=O)ccn2N([C@@H]2c3ccccc3[Se]Cc3c2ccc(F)c3F)[C@@H]2COCCN12. The number of ether oxygens (including phenoxy) is 2. The van der Waals surface area contributed by atoms with Gasteiger partial charge in [-0.05, 0) is 0 Å². The third-order valence-electron chi connectivity index (χ3n) is 7.76. The first-order valence-electron chi connectivity index (χ1n) is 13.3. The van der Waals surface area contributed by atoms with Crippen LogP contribution in [-0.4, -0.2) is 56.4 Å². The van der Waals surface area contributed by atoms with Gasteiger partial charge in [-0.3, -0.25) is 0 Å². The molecule has 0 aliphatic carbocycles. The van der Waals surface area contributed by atoms with E-state index in [2.05, 4.69) is 0 Å². The van der Waals surface area contributed by atoms with Gasteiger partial charge in [0, 0.05) is 0 Å². The molecular formula is C31H25F2N3O4Se. The van der Waals surface area contributed by atoms with Crippen LogP contribution in [-0.2, 0) is 16.7 Å². The van der Waals surface area contributed by atoms with Crippen LogP contribution in [0.4, 0.5) is 8.78 Å². The summed E-state index contributed by atoms with van der Waals surface area (Å²) >= 11 is -0.153. The summed E-state index contributed by atoms with van der Waals surface area (Å²) < 4.78 is 44.5. The van der Waals surface area contributed by atoms with Gasteiger partial charge in [-0.25, -0.2) is 0 Å². The van der Waals surface area contributed by atoms with Crippen molar-refractivity contribution in [1.82, 2.24) is 9.58 Å². The van der Waals surface area contributed by atoms with Crippen molar-refractivity contribution in [2.45, 2.75) is 24.1 Å². The number of fused-ring (bicyclic) bond motifs is 4. The second-order valence-corrected chi connectivity index (χ2v) is 12.2. The van der Waals surface area contributed by atoms with E-state index in [0.717, 1.165) is 21.7 Å². The molecule has 3 aliphatic rings. The summed E-state index contributed by atoms with van der Waals surface area (Å²) in [6.45, 7) is 0.966. The van der Waals surface area contributed by atoms with Crippen LogP contribution in [0.1, 0.15) is 38.8 Å². The zero-order chi connectivity index (χ0) is 28.1. The van der Waals surface area contributed by atoms with Gasteiger partial charge in [0.05, 0.1) is 0 Å². The van der Waals surface area contributed by atoms with E-state index in [0.29, 0.717) is 29.6 Å². The Balaban J connectivity index is 1.45. The maximum absolute atomic E-state index is 15.4. The van der Waals surface area contributed by atoms with E-state index in [1.807, 2.05) is 59.6 Å². The molecule has 7 rings (SSSR count). The number of halogens is 2. The van der Waals surface area contributed by atoms with Crippen LogP contribution >= 0.6 is 0 Å². The fourth-order valence-electron chi connectivity index (χ4n) is 5.84. The molecule has 0 saturated carbocycles. The van der Waals surface area contributed by atoms with Gasteiger partial charge < -0.3 is 0 Å². The Morgan fingerprint density at radius 1 is 0.951 bits per heavy atom. The number of pyridine rings is 1. The standard InChI is InChI=1S/C31H25F2N3O4Se/c32-23-11-10-20-22(27(23)33)18-41-25-9-5-4-8-21(25)28(20)36-26-17-39-15-14-34(26)31(38)29-30(24(37)12-13-35(29)36)40-16-19-6-2-1-3-7-19/h1-13,26,28H,14-18H2/t26-,28+/m1/s1. The Bertz CT molecular complexity index is 1710. The second kappa shape index (κ2) is 10.4. The predicted molar refractivity (Wildman–Crippen MR) is 149 cm³/mol. The molecule has 0 radical (unpaired) electrons. The number of carbonyl (C=O) groups is 1. The molecule has 3 aromatic carbocycles. The number of hydrogen-bond acceptors (Lipinski definition) is 5. The van der Waals surface area contributed by atoms with E-state index in [9.17, 15) is 14.0 Å². The monoisotopic (exact) mass is 621 g/mol.